The molecular formula is C10H21NO2. The Balaban J connectivity index is 2.75. The zero-order valence-electron chi connectivity index (χ0n) is 8.79. The fourth-order valence-electron chi connectivity index (χ4n) is 2.08. The van der Waals surface area contributed by atoms with Gasteiger partial charge in [-0.2, -0.15) is 0 Å². The quantitative estimate of drug-likeness (QED) is 0.681. The minimum Gasteiger partial charge on any atom is -0.387 e. The van der Waals surface area contributed by atoms with E-state index < -0.39 is 5.60 Å². The highest BCUT2D eigenvalue weighted by molar-refractivity contribution is 4.96. The molecule has 0 aromatic carbocycles. The molecule has 0 bridgehead atoms. The molecule has 3 heteroatoms. The molecule has 0 aliphatic carbocycles. The van der Waals surface area contributed by atoms with Crippen molar-refractivity contribution in [2.75, 3.05) is 19.8 Å². The van der Waals surface area contributed by atoms with Gasteiger partial charge in [0.15, 0.2) is 0 Å². The molecular weight excluding hydrogens is 166 g/mol. The molecule has 3 unspecified atom stereocenters. The fourth-order valence-corrected chi connectivity index (χ4v) is 2.08. The topological polar surface area (TPSA) is 55.5 Å². The lowest BCUT2D eigenvalue weighted by Gasteiger charge is -2.35. The van der Waals surface area contributed by atoms with Gasteiger partial charge in [0.25, 0.3) is 0 Å². The summed E-state index contributed by atoms with van der Waals surface area (Å²) in [5, 5.41) is 10.4. The second-order valence-electron chi connectivity index (χ2n) is 4.49. The predicted octanol–water partition coefficient (Wildman–Crippen LogP) is 0.615. The minimum atomic E-state index is -0.705. The Kier molecular flexibility index (Phi) is 3.33. The third kappa shape index (κ3) is 1.87. The van der Waals surface area contributed by atoms with Crippen LogP contribution in [0.3, 0.4) is 0 Å². The molecule has 0 amide bonds. The lowest BCUT2D eigenvalue weighted by atomic mass is 9.75. The molecule has 1 fully saturated rings. The maximum absolute atomic E-state index is 10.4. The second-order valence-corrected chi connectivity index (χ2v) is 4.49. The van der Waals surface area contributed by atoms with Crippen molar-refractivity contribution in [3.05, 3.63) is 0 Å². The van der Waals surface area contributed by atoms with E-state index in [1.165, 1.54) is 0 Å². The van der Waals surface area contributed by atoms with Gasteiger partial charge in [-0.25, -0.2) is 0 Å². The minimum absolute atomic E-state index is 0.113. The molecule has 0 saturated carbocycles. The zero-order chi connectivity index (χ0) is 10.1. The molecule has 1 heterocycles. The Morgan fingerprint density at radius 2 is 2.15 bits per heavy atom. The number of aliphatic hydroxyl groups is 1. The highest BCUT2D eigenvalue weighted by Gasteiger charge is 2.47. The SMILES string of the molecule is CC(C)C1COCC1(O)C(C)CN. The molecule has 1 aliphatic heterocycles. The van der Waals surface area contributed by atoms with Crippen molar-refractivity contribution in [1.82, 2.24) is 0 Å². The van der Waals surface area contributed by atoms with Crippen LogP contribution in [0.1, 0.15) is 20.8 Å². The first-order valence-corrected chi connectivity index (χ1v) is 5.02. The maximum atomic E-state index is 10.4. The van der Waals surface area contributed by atoms with E-state index in [0.717, 1.165) is 0 Å². The van der Waals surface area contributed by atoms with Crippen LogP contribution >= 0.6 is 0 Å². The van der Waals surface area contributed by atoms with Gasteiger partial charge in [0.1, 0.15) is 0 Å². The molecule has 1 rings (SSSR count). The van der Waals surface area contributed by atoms with Crippen LogP contribution in [0.4, 0.5) is 0 Å². The van der Waals surface area contributed by atoms with Gasteiger partial charge in [-0.1, -0.05) is 20.8 Å². The number of hydrogen-bond acceptors (Lipinski definition) is 3. The standard InChI is InChI=1S/C10H21NO2/c1-7(2)9-5-13-6-10(9,12)8(3)4-11/h7-9,12H,4-6,11H2,1-3H3. The van der Waals surface area contributed by atoms with E-state index in [0.29, 0.717) is 25.7 Å². The Bertz CT molecular complexity index is 172. The summed E-state index contributed by atoms with van der Waals surface area (Å²) in [4.78, 5) is 0. The smallest absolute Gasteiger partial charge is 0.0969 e. The molecule has 3 atom stereocenters. The first-order valence-electron chi connectivity index (χ1n) is 5.02. The molecule has 0 spiro atoms. The Hall–Kier alpha value is -0.120. The number of nitrogens with two attached hydrogens (primary N) is 1. The van der Waals surface area contributed by atoms with Crippen molar-refractivity contribution < 1.29 is 9.84 Å². The number of ether oxygens (including phenoxy) is 1. The fraction of sp³-hybridized carbons (Fsp3) is 1.00. The van der Waals surface area contributed by atoms with Crippen LogP contribution in [-0.2, 0) is 4.74 Å². The summed E-state index contributed by atoms with van der Waals surface area (Å²) in [7, 11) is 0. The molecule has 3 nitrogen and oxygen atoms in total. The van der Waals surface area contributed by atoms with Crippen molar-refractivity contribution in [3.63, 3.8) is 0 Å². The van der Waals surface area contributed by atoms with E-state index in [2.05, 4.69) is 13.8 Å². The molecule has 78 valence electrons. The molecule has 3 N–H and O–H groups in total. The summed E-state index contributed by atoms with van der Waals surface area (Å²) >= 11 is 0. The van der Waals surface area contributed by atoms with Crippen molar-refractivity contribution in [2.45, 2.75) is 26.4 Å². The molecule has 0 aromatic heterocycles. The number of hydrogen-bond donors (Lipinski definition) is 2. The van der Waals surface area contributed by atoms with Gasteiger partial charge in [0.2, 0.25) is 0 Å². The van der Waals surface area contributed by atoms with Gasteiger partial charge < -0.3 is 15.6 Å². The summed E-state index contributed by atoms with van der Waals surface area (Å²) in [6, 6.07) is 0. The van der Waals surface area contributed by atoms with Crippen LogP contribution in [0.2, 0.25) is 0 Å². The van der Waals surface area contributed by atoms with Gasteiger partial charge >= 0.3 is 0 Å². The number of rotatable bonds is 3. The second kappa shape index (κ2) is 3.95. The van der Waals surface area contributed by atoms with Crippen LogP contribution in [0, 0.1) is 17.8 Å². The Morgan fingerprint density at radius 3 is 2.62 bits per heavy atom. The first kappa shape index (κ1) is 11.0. The average molecular weight is 187 g/mol. The largest absolute Gasteiger partial charge is 0.387 e. The van der Waals surface area contributed by atoms with Crippen LogP contribution in [0.25, 0.3) is 0 Å². The lowest BCUT2D eigenvalue weighted by molar-refractivity contribution is -0.0530. The summed E-state index contributed by atoms with van der Waals surface area (Å²) in [5.41, 5.74) is 4.88. The zero-order valence-corrected chi connectivity index (χ0v) is 8.79. The summed E-state index contributed by atoms with van der Waals surface area (Å²) in [6.07, 6.45) is 0. The Morgan fingerprint density at radius 1 is 1.54 bits per heavy atom. The van der Waals surface area contributed by atoms with E-state index in [1.807, 2.05) is 6.92 Å². The van der Waals surface area contributed by atoms with Gasteiger partial charge in [-0.3, -0.25) is 0 Å². The van der Waals surface area contributed by atoms with Crippen LogP contribution in [0.15, 0.2) is 0 Å². The summed E-state index contributed by atoms with van der Waals surface area (Å²) in [5.74, 6) is 0.787. The van der Waals surface area contributed by atoms with E-state index in [4.69, 9.17) is 10.5 Å². The molecule has 1 saturated heterocycles. The lowest BCUT2D eigenvalue weighted by Crippen LogP contribution is -2.48. The molecule has 0 radical (unpaired) electrons. The highest BCUT2D eigenvalue weighted by atomic mass is 16.5. The van der Waals surface area contributed by atoms with Crippen molar-refractivity contribution >= 4 is 0 Å². The molecule has 13 heavy (non-hydrogen) atoms. The molecule has 0 aromatic rings. The van der Waals surface area contributed by atoms with Gasteiger partial charge in [0.05, 0.1) is 18.8 Å². The van der Waals surface area contributed by atoms with Crippen LogP contribution < -0.4 is 5.73 Å². The van der Waals surface area contributed by atoms with E-state index in [9.17, 15) is 5.11 Å². The van der Waals surface area contributed by atoms with E-state index >= 15 is 0 Å². The monoisotopic (exact) mass is 187 g/mol. The summed E-state index contributed by atoms with van der Waals surface area (Å²) < 4.78 is 5.35. The van der Waals surface area contributed by atoms with Gasteiger partial charge in [0, 0.05) is 5.92 Å². The van der Waals surface area contributed by atoms with Gasteiger partial charge in [-0.05, 0) is 18.4 Å². The van der Waals surface area contributed by atoms with Gasteiger partial charge in [-0.15, -0.1) is 0 Å². The third-order valence-corrected chi connectivity index (χ3v) is 3.28. The average Bonchev–Trinajstić information content (AvgIpc) is 2.47. The maximum Gasteiger partial charge on any atom is 0.0969 e. The first-order chi connectivity index (χ1) is 6.02. The van der Waals surface area contributed by atoms with Crippen LogP contribution in [-0.4, -0.2) is 30.5 Å². The third-order valence-electron chi connectivity index (χ3n) is 3.28. The molecule has 1 aliphatic rings. The highest BCUT2D eigenvalue weighted by Crippen LogP contribution is 2.36. The predicted molar refractivity (Wildman–Crippen MR) is 52.3 cm³/mol. The Labute approximate surface area is 80.3 Å². The summed E-state index contributed by atoms with van der Waals surface area (Å²) in [6.45, 7) is 7.85. The van der Waals surface area contributed by atoms with E-state index in [-0.39, 0.29) is 11.8 Å². The van der Waals surface area contributed by atoms with Crippen molar-refractivity contribution in [3.8, 4) is 0 Å². The van der Waals surface area contributed by atoms with Crippen molar-refractivity contribution in [2.24, 2.45) is 23.5 Å². The van der Waals surface area contributed by atoms with E-state index in [1.54, 1.807) is 0 Å². The van der Waals surface area contributed by atoms with Crippen LogP contribution in [0.5, 0.6) is 0 Å². The van der Waals surface area contributed by atoms with Crippen molar-refractivity contribution in [1.29, 1.82) is 0 Å². The normalized spacial score (nSPS) is 36.9.